The topological polar surface area (TPSA) is 87.7 Å². The molecule has 0 saturated carbocycles. The summed E-state index contributed by atoms with van der Waals surface area (Å²) in [6.45, 7) is 1.83. The summed E-state index contributed by atoms with van der Waals surface area (Å²) >= 11 is 5.09. The van der Waals surface area contributed by atoms with Gasteiger partial charge >= 0.3 is 5.97 Å². The third kappa shape index (κ3) is 3.88. The van der Waals surface area contributed by atoms with E-state index in [0.29, 0.717) is 17.0 Å². The van der Waals surface area contributed by atoms with E-state index in [1.54, 1.807) is 30.3 Å². The minimum absolute atomic E-state index is 0.00254. The van der Waals surface area contributed by atoms with Gasteiger partial charge in [-0.1, -0.05) is 24.3 Å². The zero-order chi connectivity index (χ0) is 17.7. The maximum absolute atomic E-state index is 12.4. The van der Waals surface area contributed by atoms with Crippen molar-refractivity contribution in [1.29, 1.82) is 0 Å². The van der Waals surface area contributed by atoms with Gasteiger partial charge in [0.05, 0.1) is 23.9 Å². The quantitative estimate of drug-likeness (QED) is 0.739. The van der Waals surface area contributed by atoms with Crippen molar-refractivity contribution in [2.75, 3.05) is 12.4 Å². The lowest BCUT2D eigenvalue weighted by molar-refractivity contribution is 0.0698. The lowest BCUT2D eigenvalue weighted by Gasteiger charge is -2.14. The summed E-state index contributed by atoms with van der Waals surface area (Å²) in [4.78, 5) is 23.5. The van der Waals surface area contributed by atoms with Gasteiger partial charge in [-0.25, -0.2) is 4.79 Å². The van der Waals surface area contributed by atoms with Crippen molar-refractivity contribution in [2.24, 2.45) is 0 Å². The molecule has 0 saturated heterocycles. The maximum Gasteiger partial charge on any atom is 0.337 e. The standard InChI is InChI=1S/C17H16N2O4S/c1-10-6-5-8-12(14(10)23-2)15(20)19-17(24)18-13-9-4-3-7-11(13)16(21)22/h3-9H,1-2H3,(H,21,22)(H2,18,19,20,24). The maximum atomic E-state index is 12.4. The van der Waals surface area contributed by atoms with Crippen molar-refractivity contribution >= 4 is 34.9 Å². The second-order valence-corrected chi connectivity index (χ2v) is 5.32. The van der Waals surface area contributed by atoms with Crippen LogP contribution in [0.15, 0.2) is 42.5 Å². The molecule has 6 nitrogen and oxygen atoms in total. The van der Waals surface area contributed by atoms with Crippen LogP contribution in [0.2, 0.25) is 0 Å². The van der Waals surface area contributed by atoms with Crippen LogP contribution in [-0.4, -0.2) is 29.2 Å². The number of carbonyl (C=O) groups is 2. The van der Waals surface area contributed by atoms with E-state index in [-0.39, 0.29) is 10.7 Å². The summed E-state index contributed by atoms with van der Waals surface area (Å²) in [7, 11) is 1.48. The van der Waals surface area contributed by atoms with Crippen molar-refractivity contribution in [3.63, 3.8) is 0 Å². The number of thiocarbonyl (C=S) groups is 1. The third-order valence-corrected chi connectivity index (χ3v) is 3.50. The Morgan fingerprint density at radius 3 is 2.42 bits per heavy atom. The highest BCUT2D eigenvalue weighted by Gasteiger charge is 2.16. The molecule has 0 aliphatic heterocycles. The Hall–Kier alpha value is -2.93. The van der Waals surface area contributed by atoms with Crippen LogP contribution < -0.4 is 15.4 Å². The molecule has 0 fully saturated rings. The first-order valence-corrected chi connectivity index (χ1v) is 7.43. The monoisotopic (exact) mass is 344 g/mol. The Labute approximate surface area is 144 Å². The van der Waals surface area contributed by atoms with Gasteiger partial charge in [0, 0.05) is 0 Å². The average molecular weight is 344 g/mol. The minimum Gasteiger partial charge on any atom is -0.496 e. The van der Waals surface area contributed by atoms with Gasteiger partial charge in [0.1, 0.15) is 5.75 Å². The summed E-state index contributed by atoms with van der Waals surface area (Å²) in [5.74, 6) is -1.07. The van der Waals surface area contributed by atoms with Crippen LogP contribution in [0, 0.1) is 6.92 Å². The van der Waals surface area contributed by atoms with Crippen LogP contribution in [0.3, 0.4) is 0 Å². The van der Waals surface area contributed by atoms with E-state index >= 15 is 0 Å². The SMILES string of the molecule is COc1c(C)cccc1C(=O)NC(=S)Nc1ccccc1C(=O)O. The molecule has 3 N–H and O–H groups in total. The van der Waals surface area contributed by atoms with E-state index in [9.17, 15) is 9.59 Å². The number of carboxylic acids is 1. The fourth-order valence-electron chi connectivity index (χ4n) is 2.20. The number of carboxylic acid groups (broad SMARTS) is 1. The molecule has 0 aliphatic rings. The molecule has 0 atom stereocenters. The Kier molecular flexibility index (Phi) is 5.49. The fraction of sp³-hybridized carbons (Fsp3) is 0.118. The van der Waals surface area contributed by atoms with E-state index in [4.69, 9.17) is 22.1 Å². The van der Waals surface area contributed by atoms with Crippen LogP contribution in [0.1, 0.15) is 26.3 Å². The van der Waals surface area contributed by atoms with E-state index in [0.717, 1.165) is 5.56 Å². The molecule has 2 rings (SSSR count). The number of hydrogen-bond acceptors (Lipinski definition) is 4. The molecule has 0 bridgehead atoms. The summed E-state index contributed by atoms with van der Waals surface area (Å²) in [5, 5.41) is 14.4. The summed E-state index contributed by atoms with van der Waals surface area (Å²) in [5.41, 5.74) is 1.52. The van der Waals surface area contributed by atoms with Gasteiger partial charge < -0.3 is 15.2 Å². The number of carbonyl (C=O) groups excluding carboxylic acids is 1. The second-order valence-electron chi connectivity index (χ2n) is 4.91. The molecule has 0 unspecified atom stereocenters. The Morgan fingerprint density at radius 2 is 1.75 bits per heavy atom. The molecule has 2 aromatic carbocycles. The van der Waals surface area contributed by atoms with E-state index in [2.05, 4.69) is 10.6 Å². The number of anilines is 1. The first kappa shape index (κ1) is 17.4. The van der Waals surface area contributed by atoms with Crippen LogP contribution in [0.25, 0.3) is 0 Å². The number of nitrogens with one attached hydrogen (secondary N) is 2. The highest BCUT2D eigenvalue weighted by atomic mass is 32.1. The number of para-hydroxylation sites is 2. The van der Waals surface area contributed by atoms with Gasteiger partial charge in [-0.15, -0.1) is 0 Å². The normalized spacial score (nSPS) is 9.92. The van der Waals surface area contributed by atoms with Gasteiger partial charge in [-0.3, -0.25) is 10.1 Å². The third-order valence-electron chi connectivity index (χ3n) is 3.29. The molecule has 0 aromatic heterocycles. The number of benzene rings is 2. The van der Waals surface area contributed by atoms with Crippen LogP contribution in [-0.2, 0) is 0 Å². The van der Waals surface area contributed by atoms with Crippen molar-refractivity contribution < 1.29 is 19.4 Å². The zero-order valence-corrected chi connectivity index (χ0v) is 13.9. The van der Waals surface area contributed by atoms with Crippen LogP contribution in [0.4, 0.5) is 5.69 Å². The lowest BCUT2D eigenvalue weighted by Crippen LogP contribution is -2.34. The summed E-state index contributed by atoms with van der Waals surface area (Å²) < 4.78 is 5.25. The van der Waals surface area contributed by atoms with E-state index in [1.165, 1.54) is 13.2 Å². The number of amides is 1. The smallest absolute Gasteiger partial charge is 0.337 e. The molecule has 0 heterocycles. The van der Waals surface area contributed by atoms with Crippen LogP contribution >= 0.6 is 12.2 Å². The molecular formula is C17H16N2O4S. The van der Waals surface area contributed by atoms with Gasteiger partial charge in [-0.05, 0) is 42.9 Å². The fourth-order valence-corrected chi connectivity index (χ4v) is 2.41. The van der Waals surface area contributed by atoms with Crippen molar-refractivity contribution in [3.05, 3.63) is 59.2 Å². The molecule has 1 amide bonds. The van der Waals surface area contributed by atoms with Gasteiger partial charge in [0.15, 0.2) is 5.11 Å². The Balaban J connectivity index is 2.15. The van der Waals surface area contributed by atoms with Crippen molar-refractivity contribution in [3.8, 4) is 5.75 Å². The number of ether oxygens (including phenoxy) is 1. The molecule has 2 aromatic rings. The number of methoxy groups -OCH3 is 1. The van der Waals surface area contributed by atoms with Gasteiger partial charge in [-0.2, -0.15) is 0 Å². The Bertz CT molecular complexity index is 805. The first-order valence-electron chi connectivity index (χ1n) is 7.02. The number of rotatable bonds is 4. The molecule has 0 radical (unpaired) electrons. The van der Waals surface area contributed by atoms with Crippen LogP contribution in [0.5, 0.6) is 5.75 Å². The number of aromatic carboxylic acids is 1. The van der Waals surface area contributed by atoms with E-state index < -0.39 is 11.9 Å². The lowest BCUT2D eigenvalue weighted by atomic mass is 10.1. The summed E-state index contributed by atoms with van der Waals surface area (Å²) in [6, 6.07) is 11.5. The predicted octanol–water partition coefficient (Wildman–Crippen LogP) is 2.83. The van der Waals surface area contributed by atoms with E-state index in [1.807, 2.05) is 13.0 Å². The second kappa shape index (κ2) is 7.56. The highest BCUT2D eigenvalue weighted by Crippen LogP contribution is 2.22. The largest absolute Gasteiger partial charge is 0.496 e. The number of hydrogen-bond donors (Lipinski definition) is 3. The van der Waals surface area contributed by atoms with Crippen molar-refractivity contribution in [2.45, 2.75) is 6.92 Å². The molecule has 0 aliphatic carbocycles. The summed E-state index contributed by atoms with van der Waals surface area (Å²) in [6.07, 6.45) is 0. The highest BCUT2D eigenvalue weighted by molar-refractivity contribution is 7.80. The minimum atomic E-state index is -1.09. The van der Waals surface area contributed by atoms with Crippen molar-refractivity contribution in [1.82, 2.24) is 5.32 Å². The first-order chi connectivity index (χ1) is 11.4. The predicted molar refractivity (Wildman–Crippen MR) is 94.8 cm³/mol. The van der Waals surface area contributed by atoms with Gasteiger partial charge in [0.25, 0.3) is 5.91 Å². The molecular weight excluding hydrogens is 328 g/mol. The Morgan fingerprint density at radius 1 is 1.08 bits per heavy atom. The molecule has 0 spiro atoms. The number of aryl methyl sites for hydroxylation is 1. The average Bonchev–Trinajstić information content (AvgIpc) is 2.54. The molecule has 7 heteroatoms. The van der Waals surface area contributed by atoms with Gasteiger partial charge in [0.2, 0.25) is 0 Å². The molecule has 24 heavy (non-hydrogen) atoms. The zero-order valence-electron chi connectivity index (χ0n) is 13.1. The molecule has 124 valence electrons.